The summed E-state index contributed by atoms with van der Waals surface area (Å²) in [5, 5.41) is 5.22. The molecule has 1 fully saturated rings. The van der Waals surface area contributed by atoms with E-state index in [0.29, 0.717) is 19.6 Å². The fraction of sp³-hybridized carbons (Fsp3) is 0.520. The summed E-state index contributed by atoms with van der Waals surface area (Å²) < 4.78 is 0. The molecule has 0 saturated heterocycles. The Labute approximate surface area is 190 Å². The number of urea groups is 1. The SMILES string of the molecule is CCCCN(CC(=O)N(Cc1ccccc1)Cc1cccs1)C(=O)NC1CCCCC1. The van der Waals surface area contributed by atoms with Gasteiger partial charge in [-0.1, -0.05) is 69.0 Å². The van der Waals surface area contributed by atoms with Crippen LogP contribution in [0.25, 0.3) is 0 Å². The molecule has 0 aliphatic heterocycles. The normalized spacial score (nSPS) is 14.2. The highest BCUT2D eigenvalue weighted by Crippen LogP contribution is 2.18. The van der Waals surface area contributed by atoms with E-state index in [1.54, 1.807) is 16.2 Å². The van der Waals surface area contributed by atoms with Gasteiger partial charge in [0.15, 0.2) is 0 Å². The van der Waals surface area contributed by atoms with E-state index in [-0.39, 0.29) is 24.5 Å². The maximum absolute atomic E-state index is 13.4. The number of hydrogen-bond acceptors (Lipinski definition) is 3. The molecule has 1 aliphatic rings. The Morgan fingerprint density at radius 2 is 1.77 bits per heavy atom. The van der Waals surface area contributed by atoms with Gasteiger partial charge in [-0.2, -0.15) is 0 Å². The molecular weight excluding hydrogens is 406 g/mol. The molecule has 1 aromatic carbocycles. The first kappa shape index (κ1) is 23.3. The van der Waals surface area contributed by atoms with E-state index in [2.05, 4.69) is 18.3 Å². The predicted molar refractivity (Wildman–Crippen MR) is 127 cm³/mol. The van der Waals surface area contributed by atoms with E-state index < -0.39 is 0 Å². The Morgan fingerprint density at radius 1 is 1.00 bits per heavy atom. The summed E-state index contributed by atoms with van der Waals surface area (Å²) in [6, 6.07) is 14.3. The van der Waals surface area contributed by atoms with Crippen LogP contribution in [-0.2, 0) is 17.9 Å². The lowest BCUT2D eigenvalue weighted by molar-refractivity contribution is -0.133. The Kier molecular flexibility index (Phi) is 9.40. The van der Waals surface area contributed by atoms with Crippen molar-refractivity contribution >= 4 is 23.3 Å². The maximum Gasteiger partial charge on any atom is 0.318 e. The van der Waals surface area contributed by atoms with Crippen LogP contribution in [0.15, 0.2) is 47.8 Å². The molecule has 2 aromatic rings. The van der Waals surface area contributed by atoms with Crippen LogP contribution in [0.4, 0.5) is 4.79 Å². The van der Waals surface area contributed by atoms with Gasteiger partial charge in [-0.05, 0) is 36.3 Å². The quantitative estimate of drug-likeness (QED) is 0.535. The number of benzene rings is 1. The molecule has 1 aromatic heterocycles. The smallest absolute Gasteiger partial charge is 0.318 e. The van der Waals surface area contributed by atoms with Crippen LogP contribution in [-0.4, -0.2) is 40.9 Å². The van der Waals surface area contributed by atoms with Crippen molar-refractivity contribution < 1.29 is 9.59 Å². The average Bonchev–Trinajstić information content (AvgIpc) is 3.30. The summed E-state index contributed by atoms with van der Waals surface area (Å²) in [5.41, 5.74) is 1.10. The molecule has 1 aliphatic carbocycles. The summed E-state index contributed by atoms with van der Waals surface area (Å²) in [5.74, 6) is -0.00727. The van der Waals surface area contributed by atoms with Crippen molar-refractivity contribution in [2.75, 3.05) is 13.1 Å². The van der Waals surface area contributed by atoms with E-state index in [9.17, 15) is 9.59 Å². The minimum atomic E-state index is -0.0931. The lowest BCUT2D eigenvalue weighted by atomic mass is 9.96. The van der Waals surface area contributed by atoms with Crippen LogP contribution >= 0.6 is 11.3 Å². The Bertz CT molecular complexity index is 788. The van der Waals surface area contributed by atoms with Gasteiger partial charge < -0.3 is 15.1 Å². The van der Waals surface area contributed by atoms with E-state index in [4.69, 9.17) is 0 Å². The molecule has 3 amide bonds. The number of amides is 3. The topological polar surface area (TPSA) is 52.7 Å². The maximum atomic E-state index is 13.4. The largest absolute Gasteiger partial charge is 0.335 e. The molecule has 0 unspecified atom stereocenters. The van der Waals surface area contributed by atoms with Gasteiger partial charge in [-0.3, -0.25) is 4.79 Å². The van der Waals surface area contributed by atoms with Crippen LogP contribution < -0.4 is 5.32 Å². The second kappa shape index (κ2) is 12.5. The second-order valence-corrected chi connectivity index (χ2v) is 9.41. The van der Waals surface area contributed by atoms with Gasteiger partial charge in [0.2, 0.25) is 5.91 Å². The number of carbonyl (C=O) groups excluding carboxylic acids is 2. The number of nitrogens with zero attached hydrogens (tertiary/aromatic N) is 2. The highest BCUT2D eigenvalue weighted by atomic mass is 32.1. The zero-order valence-corrected chi connectivity index (χ0v) is 19.4. The number of nitrogens with one attached hydrogen (secondary N) is 1. The van der Waals surface area contributed by atoms with E-state index in [1.165, 1.54) is 19.3 Å². The minimum Gasteiger partial charge on any atom is -0.335 e. The van der Waals surface area contributed by atoms with Crippen molar-refractivity contribution in [3.8, 4) is 0 Å². The van der Waals surface area contributed by atoms with Crippen LogP contribution in [0.3, 0.4) is 0 Å². The van der Waals surface area contributed by atoms with Crippen molar-refractivity contribution in [2.45, 2.75) is 71.0 Å². The standard InChI is InChI=1S/C25H35N3O2S/c1-2-3-16-27(25(30)26-22-13-8-5-9-14-22)20-24(29)28(19-23-15-10-17-31-23)18-21-11-6-4-7-12-21/h4,6-7,10-12,15,17,22H,2-3,5,8-9,13-14,16,18-20H2,1H3,(H,26,30). The molecule has 1 N–H and O–H groups in total. The minimum absolute atomic E-state index is 0.00727. The van der Waals surface area contributed by atoms with Gasteiger partial charge in [-0.15, -0.1) is 11.3 Å². The van der Waals surface area contributed by atoms with Crippen LogP contribution in [0.1, 0.15) is 62.3 Å². The summed E-state index contributed by atoms with van der Waals surface area (Å²) >= 11 is 1.65. The molecule has 1 saturated carbocycles. The molecule has 0 bridgehead atoms. The van der Waals surface area contributed by atoms with Crippen molar-refractivity contribution in [1.82, 2.24) is 15.1 Å². The van der Waals surface area contributed by atoms with Crippen LogP contribution in [0, 0.1) is 0 Å². The molecule has 0 spiro atoms. The van der Waals surface area contributed by atoms with E-state index in [1.807, 2.05) is 46.7 Å². The Hall–Kier alpha value is -2.34. The lowest BCUT2D eigenvalue weighted by Gasteiger charge is -2.30. The zero-order valence-electron chi connectivity index (χ0n) is 18.6. The molecule has 0 radical (unpaired) electrons. The van der Waals surface area contributed by atoms with Crippen LogP contribution in [0.5, 0.6) is 0 Å². The summed E-state index contributed by atoms with van der Waals surface area (Å²) in [6.07, 6.45) is 7.56. The van der Waals surface area contributed by atoms with Gasteiger partial charge in [-0.25, -0.2) is 4.79 Å². The van der Waals surface area contributed by atoms with Gasteiger partial charge in [0.1, 0.15) is 6.54 Å². The summed E-state index contributed by atoms with van der Waals surface area (Å²) in [4.78, 5) is 31.1. The number of carbonyl (C=O) groups is 2. The highest BCUT2D eigenvalue weighted by molar-refractivity contribution is 7.09. The van der Waals surface area contributed by atoms with Crippen molar-refractivity contribution in [2.24, 2.45) is 0 Å². The number of hydrogen-bond donors (Lipinski definition) is 1. The molecule has 0 atom stereocenters. The average molecular weight is 442 g/mol. The third kappa shape index (κ3) is 7.69. The van der Waals surface area contributed by atoms with Crippen molar-refractivity contribution in [1.29, 1.82) is 0 Å². The highest BCUT2D eigenvalue weighted by Gasteiger charge is 2.24. The number of thiophene rings is 1. The second-order valence-electron chi connectivity index (χ2n) is 8.37. The molecule has 5 nitrogen and oxygen atoms in total. The van der Waals surface area contributed by atoms with Gasteiger partial charge >= 0.3 is 6.03 Å². The fourth-order valence-corrected chi connectivity index (χ4v) is 4.72. The number of rotatable bonds is 10. The number of unbranched alkanes of at least 4 members (excludes halogenated alkanes) is 1. The first-order valence-corrected chi connectivity index (χ1v) is 12.4. The molecule has 168 valence electrons. The third-order valence-electron chi connectivity index (χ3n) is 5.82. The fourth-order valence-electron chi connectivity index (χ4n) is 4.00. The van der Waals surface area contributed by atoms with Crippen LogP contribution in [0.2, 0.25) is 0 Å². The molecule has 31 heavy (non-hydrogen) atoms. The zero-order chi connectivity index (χ0) is 21.9. The Balaban J connectivity index is 1.67. The molecule has 3 rings (SSSR count). The summed E-state index contributed by atoms with van der Waals surface area (Å²) in [7, 11) is 0. The summed E-state index contributed by atoms with van der Waals surface area (Å²) in [6.45, 7) is 3.95. The molecule has 6 heteroatoms. The predicted octanol–water partition coefficient (Wildman–Crippen LogP) is 5.42. The van der Waals surface area contributed by atoms with Gasteiger partial charge in [0, 0.05) is 24.0 Å². The van der Waals surface area contributed by atoms with Gasteiger partial charge in [0.25, 0.3) is 0 Å². The monoisotopic (exact) mass is 441 g/mol. The van der Waals surface area contributed by atoms with E-state index >= 15 is 0 Å². The van der Waals surface area contributed by atoms with E-state index in [0.717, 1.165) is 36.1 Å². The van der Waals surface area contributed by atoms with Crippen molar-refractivity contribution in [3.63, 3.8) is 0 Å². The lowest BCUT2D eigenvalue weighted by Crippen LogP contribution is -2.49. The van der Waals surface area contributed by atoms with Crippen molar-refractivity contribution in [3.05, 3.63) is 58.3 Å². The third-order valence-corrected chi connectivity index (χ3v) is 6.68. The Morgan fingerprint density at radius 3 is 2.45 bits per heavy atom. The molecule has 1 heterocycles. The molecular formula is C25H35N3O2S. The first-order chi connectivity index (χ1) is 15.2. The first-order valence-electron chi connectivity index (χ1n) is 11.5. The van der Waals surface area contributed by atoms with Gasteiger partial charge in [0.05, 0.1) is 6.54 Å².